The van der Waals surface area contributed by atoms with Crippen molar-refractivity contribution in [2.75, 3.05) is 0 Å². The van der Waals surface area contributed by atoms with E-state index in [1.54, 1.807) is 0 Å². The largest absolute Gasteiger partial charge is 0.481 e. The predicted molar refractivity (Wildman–Crippen MR) is 79.4 cm³/mol. The van der Waals surface area contributed by atoms with Crippen LogP contribution in [0.5, 0.6) is 0 Å². The van der Waals surface area contributed by atoms with Crippen LogP contribution < -0.4 is 5.32 Å². The van der Waals surface area contributed by atoms with Gasteiger partial charge in [-0.2, -0.15) is 0 Å². The Morgan fingerprint density at radius 2 is 1.60 bits per heavy atom. The first-order chi connectivity index (χ1) is 8.96. The van der Waals surface area contributed by atoms with Crippen molar-refractivity contribution in [2.24, 2.45) is 10.8 Å². The fourth-order valence-electron chi connectivity index (χ4n) is 3.62. The summed E-state index contributed by atoms with van der Waals surface area (Å²) in [7, 11) is 0. The van der Waals surface area contributed by atoms with Crippen LogP contribution in [-0.2, 0) is 9.59 Å². The van der Waals surface area contributed by atoms with Crippen LogP contribution in [0.3, 0.4) is 0 Å². The Kier molecular flexibility index (Phi) is 4.88. The van der Waals surface area contributed by atoms with E-state index in [1.807, 2.05) is 13.8 Å². The van der Waals surface area contributed by atoms with E-state index >= 15 is 0 Å². The Morgan fingerprint density at radius 3 is 2.00 bits per heavy atom. The van der Waals surface area contributed by atoms with Crippen molar-refractivity contribution >= 4 is 11.9 Å². The molecule has 0 unspecified atom stereocenters. The average Bonchev–Trinajstić information content (AvgIpc) is 2.61. The molecule has 4 nitrogen and oxygen atoms in total. The Labute approximate surface area is 122 Å². The van der Waals surface area contributed by atoms with Gasteiger partial charge in [0.25, 0.3) is 0 Å². The SMILES string of the molecule is CC(C)(C)CC(C)(C)NC(=O)CC1(C(=O)O)CCCC1. The molecule has 0 atom stereocenters. The van der Waals surface area contributed by atoms with Gasteiger partial charge in [-0.25, -0.2) is 0 Å². The molecule has 116 valence electrons. The molecule has 0 radical (unpaired) electrons. The zero-order valence-corrected chi connectivity index (χ0v) is 13.5. The normalized spacial score (nSPS) is 18.9. The third kappa shape index (κ3) is 4.80. The summed E-state index contributed by atoms with van der Waals surface area (Å²) in [4.78, 5) is 23.7. The average molecular weight is 283 g/mol. The van der Waals surface area contributed by atoms with Crippen molar-refractivity contribution in [3.05, 3.63) is 0 Å². The molecule has 20 heavy (non-hydrogen) atoms. The monoisotopic (exact) mass is 283 g/mol. The molecule has 0 heterocycles. The van der Waals surface area contributed by atoms with Crippen molar-refractivity contribution in [3.63, 3.8) is 0 Å². The van der Waals surface area contributed by atoms with Crippen LogP contribution >= 0.6 is 0 Å². The minimum atomic E-state index is -0.831. The molecule has 0 spiro atoms. The van der Waals surface area contributed by atoms with Gasteiger partial charge in [0.1, 0.15) is 0 Å². The Balaban J connectivity index is 2.65. The van der Waals surface area contributed by atoms with Crippen LogP contribution in [0.15, 0.2) is 0 Å². The van der Waals surface area contributed by atoms with Crippen LogP contribution in [0, 0.1) is 10.8 Å². The van der Waals surface area contributed by atoms with Crippen LogP contribution in [-0.4, -0.2) is 22.5 Å². The molecule has 1 rings (SSSR count). The zero-order chi connectivity index (χ0) is 15.6. The lowest BCUT2D eigenvalue weighted by Crippen LogP contribution is -2.47. The number of carbonyl (C=O) groups excluding carboxylic acids is 1. The Bertz CT molecular complexity index is 374. The molecule has 0 aromatic carbocycles. The summed E-state index contributed by atoms with van der Waals surface area (Å²) >= 11 is 0. The van der Waals surface area contributed by atoms with Gasteiger partial charge in [0.15, 0.2) is 0 Å². The molecular formula is C16H29NO3. The molecule has 1 fully saturated rings. The summed E-state index contributed by atoms with van der Waals surface area (Å²) in [5.74, 6) is -0.956. The molecule has 0 aliphatic heterocycles. The van der Waals surface area contributed by atoms with Gasteiger partial charge in [-0.05, 0) is 38.5 Å². The predicted octanol–water partition coefficient (Wildman–Crippen LogP) is 3.35. The first-order valence-electron chi connectivity index (χ1n) is 7.50. The van der Waals surface area contributed by atoms with Crippen molar-refractivity contribution in [1.29, 1.82) is 0 Å². The summed E-state index contributed by atoms with van der Waals surface area (Å²) in [6, 6.07) is 0. The fourth-order valence-corrected chi connectivity index (χ4v) is 3.62. The van der Waals surface area contributed by atoms with E-state index in [1.165, 1.54) is 0 Å². The standard InChI is InChI=1S/C16H29NO3/c1-14(2,3)11-15(4,5)17-12(18)10-16(13(19)20)8-6-7-9-16/h6-11H2,1-5H3,(H,17,18)(H,19,20). The number of carboxylic acid groups (broad SMARTS) is 1. The second-order valence-electron chi connectivity index (χ2n) is 8.14. The molecule has 4 heteroatoms. The lowest BCUT2D eigenvalue weighted by atomic mass is 9.80. The third-order valence-corrected chi connectivity index (χ3v) is 3.96. The number of hydrogen-bond donors (Lipinski definition) is 2. The second-order valence-corrected chi connectivity index (χ2v) is 8.14. The first-order valence-corrected chi connectivity index (χ1v) is 7.50. The highest BCUT2D eigenvalue weighted by atomic mass is 16.4. The van der Waals surface area contributed by atoms with Crippen molar-refractivity contribution in [3.8, 4) is 0 Å². The number of nitrogens with one attached hydrogen (secondary N) is 1. The number of hydrogen-bond acceptors (Lipinski definition) is 2. The second kappa shape index (κ2) is 5.74. The van der Waals surface area contributed by atoms with Crippen LogP contribution in [0.2, 0.25) is 0 Å². The maximum absolute atomic E-state index is 12.2. The minimum absolute atomic E-state index is 0.107. The van der Waals surface area contributed by atoms with Gasteiger partial charge < -0.3 is 10.4 Å². The molecule has 1 saturated carbocycles. The number of carbonyl (C=O) groups is 2. The smallest absolute Gasteiger partial charge is 0.310 e. The van der Waals surface area contributed by atoms with Crippen molar-refractivity contribution < 1.29 is 14.7 Å². The highest BCUT2D eigenvalue weighted by Gasteiger charge is 2.43. The molecule has 0 saturated heterocycles. The van der Waals surface area contributed by atoms with Gasteiger partial charge >= 0.3 is 5.97 Å². The fraction of sp³-hybridized carbons (Fsp3) is 0.875. The van der Waals surface area contributed by atoms with E-state index in [0.717, 1.165) is 19.3 Å². The number of carboxylic acids is 1. The van der Waals surface area contributed by atoms with Crippen LogP contribution in [0.1, 0.15) is 73.1 Å². The highest BCUT2D eigenvalue weighted by Crippen LogP contribution is 2.41. The summed E-state index contributed by atoms with van der Waals surface area (Å²) in [6.45, 7) is 10.4. The van der Waals surface area contributed by atoms with Gasteiger partial charge in [0.2, 0.25) is 5.91 Å². The lowest BCUT2D eigenvalue weighted by Gasteiger charge is -2.34. The van der Waals surface area contributed by atoms with Gasteiger partial charge in [0.05, 0.1) is 5.41 Å². The van der Waals surface area contributed by atoms with E-state index in [-0.39, 0.29) is 23.3 Å². The molecule has 2 N–H and O–H groups in total. The van der Waals surface area contributed by atoms with Gasteiger partial charge in [-0.15, -0.1) is 0 Å². The summed E-state index contributed by atoms with van der Waals surface area (Å²) in [5, 5.41) is 12.4. The summed E-state index contributed by atoms with van der Waals surface area (Å²) in [5.41, 5.74) is -1.02. The number of rotatable bonds is 5. The first kappa shape index (κ1) is 17.0. The molecule has 0 aromatic heterocycles. The zero-order valence-electron chi connectivity index (χ0n) is 13.5. The number of amides is 1. The minimum Gasteiger partial charge on any atom is -0.481 e. The topological polar surface area (TPSA) is 66.4 Å². The molecule has 0 bridgehead atoms. The third-order valence-electron chi connectivity index (χ3n) is 3.96. The Morgan fingerprint density at radius 1 is 1.10 bits per heavy atom. The van der Waals surface area contributed by atoms with Crippen LogP contribution in [0.4, 0.5) is 0 Å². The van der Waals surface area contributed by atoms with Gasteiger partial charge in [-0.3, -0.25) is 9.59 Å². The van der Waals surface area contributed by atoms with E-state index in [9.17, 15) is 14.7 Å². The quantitative estimate of drug-likeness (QED) is 0.813. The van der Waals surface area contributed by atoms with E-state index < -0.39 is 11.4 Å². The van der Waals surface area contributed by atoms with E-state index in [4.69, 9.17) is 0 Å². The molecule has 1 aliphatic carbocycles. The molecular weight excluding hydrogens is 254 g/mol. The maximum atomic E-state index is 12.2. The maximum Gasteiger partial charge on any atom is 0.310 e. The van der Waals surface area contributed by atoms with Gasteiger partial charge in [-0.1, -0.05) is 33.6 Å². The van der Waals surface area contributed by atoms with Gasteiger partial charge in [0, 0.05) is 12.0 Å². The van der Waals surface area contributed by atoms with E-state index in [2.05, 4.69) is 26.1 Å². The Hall–Kier alpha value is -1.06. The van der Waals surface area contributed by atoms with Crippen LogP contribution in [0.25, 0.3) is 0 Å². The highest BCUT2D eigenvalue weighted by molar-refractivity contribution is 5.85. The van der Waals surface area contributed by atoms with Crippen molar-refractivity contribution in [2.45, 2.75) is 78.7 Å². The summed E-state index contributed by atoms with van der Waals surface area (Å²) in [6.07, 6.45) is 4.02. The number of aliphatic carboxylic acids is 1. The summed E-state index contributed by atoms with van der Waals surface area (Å²) < 4.78 is 0. The molecule has 1 amide bonds. The lowest BCUT2D eigenvalue weighted by molar-refractivity contribution is -0.151. The molecule has 0 aromatic rings. The van der Waals surface area contributed by atoms with E-state index in [0.29, 0.717) is 12.8 Å². The molecule has 1 aliphatic rings. The van der Waals surface area contributed by atoms with Crippen molar-refractivity contribution in [1.82, 2.24) is 5.32 Å².